The molecule has 1 heterocycles. The van der Waals surface area contributed by atoms with E-state index in [0.29, 0.717) is 58.4 Å². The highest BCUT2D eigenvalue weighted by atomic mass is 32.1. The van der Waals surface area contributed by atoms with E-state index >= 15 is 0 Å². The van der Waals surface area contributed by atoms with Crippen molar-refractivity contribution in [2.75, 3.05) is 54.0 Å². The Hall–Kier alpha value is -3.85. The fourth-order valence-corrected chi connectivity index (χ4v) is 4.78. The third kappa shape index (κ3) is 5.61. The van der Waals surface area contributed by atoms with Crippen molar-refractivity contribution >= 4 is 23.0 Å². The van der Waals surface area contributed by atoms with E-state index in [1.165, 1.54) is 0 Å². The van der Waals surface area contributed by atoms with Crippen LogP contribution in [-0.4, -0.2) is 58.7 Å². The minimum absolute atomic E-state index is 0.204. The molecule has 0 spiro atoms. The Morgan fingerprint density at radius 3 is 2.16 bits per heavy atom. The number of anilines is 1. The number of rotatable bonds is 9. The lowest BCUT2D eigenvalue weighted by molar-refractivity contribution is 0.185. The second kappa shape index (κ2) is 11.9. The fraction of sp³-hybridized carbons (Fsp3) is 0.321. The van der Waals surface area contributed by atoms with Gasteiger partial charge in [0, 0.05) is 12.6 Å². The number of methoxy groups -OCH3 is 5. The van der Waals surface area contributed by atoms with Gasteiger partial charge in [0.2, 0.25) is 0 Å². The van der Waals surface area contributed by atoms with Gasteiger partial charge in [-0.15, -0.1) is 0 Å². The van der Waals surface area contributed by atoms with Crippen LogP contribution in [0.3, 0.4) is 0 Å². The third-order valence-corrected chi connectivity index (χ3v) is 6.71. The highest BCUT2D eigenvalue weighted by Crippen LogP contribution is 2.40. The van der Waals surface area contributed by atoms with Crippen molar-refractivity contribution in [3.8, 4) is 34.5 Å². The first-order valence-electron chi connectivity index (χ1n) is 11.8. The highest BCUT2D eigenvalue weighted by Gasteiger charge is 2.32. The lowest BCUT2D eigenvalue weighted by Crippen LogP contribution is -2.44. The van der Waals surface area contributed by atoms with Gasteiger partial charge >= 0.3 is 0 Å². The first-order chi connectivity index (χ1) is 18.0. The number of nitrogens with one attached hydrogen (secondary N) is 1. The SMILES string of the molecule is COc1ccc(OC)c(NC(=S)N2CCc3cc(OC)c(OC)cc3C2COc2ccccc2OC)c1. The van der Waals surface area contributed by atoms with Crippen LogP contribution >= 0.6 is 12.2 Å². The predicted octanol–water partition coefficient (Wildman–Crippen LogP) is 5.10. The number of ether oxygens (including phenoxy) is 6. The van der Waals surface area contributed by atoms with Gasteiger partial charge < -0.3 is 38.6 Å². The van der Waals surface area contributed by atoms with Crippen LogP contribution in [0.15, 0.2) is 54.6 Å². The molecule has 1 N–H and O–H groups in total. The molecular weight excluding hydrogens is 492 g/mol. The van der Waals surface area contributed by atoms with E-state index in [1.807, 2.05) is 54.6 Å². The van der Waals surface area contributed by atoms with Crippen molar-refractivity contribution in [3.05, 3.63) is 65.7 Å². The van der Waals surface area contributed by atoms with Gasteiger partial charge in [0.25, 0.3) is 0 Å². The molecule has 4 rings (SSSR count). The summed E-state index contributed by atoms with van der Waals surface area (Å²) in [5, 5.41) is 3.90. The summed E-state index contributed by atoms with van der Waals surface area (Å²) in [5.74, 6) is 4.03. The molecule has 0 saturated heterocycles. The van der Waals surface area contributed by atoms with Crippen LogP contribution in [0.4, 0.5) is 5.69 Å². The van der Waals surface area contributed by atoms with Crippen molar-refractivity contribution in [1.29, 1.82) is 0 Å². The Morgan fingerprint density at radius 2 is 1.49 bits per heavy atom. The van der Waals surface area contributed by atoms with Crippen LogP contribution in [0.25, 0.3) is 0 Å². The van der Waals surface area contributed by atoms with Gasteiger partial charge in [0.1, 0.15) is 18.1 Å². The molecule has 1 atom stereocenters. The van der Waals surface area contributed by atoms with Crippen molar-refractivity contribution in [1.82, 2.24) is 4.90 Å². The van der Waals surface area contributed by atoms with Crippen LogP contribution in [-0.2, 0) is 6.42 Å². The molecule has 0 bridgehead atoms. The molecule has 3 aromatic carbocycles. The summed E-state index contributed by atoms with van der Waals surface area (Å²) in [4.78, 5) is 2.12. The Labute approximate surface area is 223 Å². The van der Waals surface area contributed by atoms with Crippen LogP contribution in [0.5, 0.6) is 34.5 Å². The van der Waals surface area contributed by atoms with Gasteiger partial charge in [-0.05, 0) is 66.2 Å². The molecule has 3 aromatic rings. The number of hydrogen-bond donors (Lipinski definition) is 1. The van der Waals surface area contributed by atoms with Crippen molar-refractivity contribution in [2.45, 2.75) is 12.5 Å². The highest BCUT2D eigenvalue weighted by molar-refractivity contribution is 7.80. The van der Waals surface area contributed by atoms with Gasteiger partial charge in [-0.3, -0.25) is 0 Å². The smallest absolute Gasteiger partial charge is 0.174 e. The topological polar surface area (TPSA) is 70.7 Å². The maximum absolute atomic E-state index is 6.30. The zero-order valence-corrected chi connectivity index (χ0v) is 22.5. The molecule has 0 aliphatic carbocycles. The molecule has 1 aliphatic heterocycles. The van der Waals surface area contributed by atoms with Crippen LogP contribution < -0.4 is 33.7 Å². The van der Waals surface area contributed by atoms with E-state index in [0.717, 1.165) is 17.5 Å². The Kier molecular flexibility index (Phi) is 8.45. The molecule has 1 aliphatic rings. The molecule has 9 heteroatoms. The second-order valence-electron chi connectivity index (χ2n) is 8.32. The number of hydrogen-bond acceptors (Lipinski definition) is 7. The monoisotopic (exact) mass is 524 g/mol. The van der Waals surface area contributed by atoms with Crippen LogP contribution in [0.2, 0.25) is 0 Å². The second-order valence-corrected chi connectivity index (χ2v) is 8.71. The molecule has 37 heavy (non-hydrogen) atoms. The number of nitrogens with zero attached hydrogens (tertiary/aromatic N) is 1. The maximum atomic E-state index is 6.30. The number of fused-ring (bicyclic) bond motifs is 1. The summed E-state index contributed by atoms with van der Waals surface area (Å²) < 4.78 is 33.9. The molecule has 0 aromatic heterocycles. The standard InChI is InChI=1S/C28H32N2O6S/c1-31-19-10-11-23(32-2)21(15-19)29-28(37)30-13-12-18-14-26(34-4)27(35-5)16-20(18)22(30)17-36-25-9-7-6-8-24(25)33-3/h6-11,14-16,22H,12-13,17H2,1-5H3,(H,29,37). The molecule has 196 valence electrons. The maximum Gasteiger partial charge on any atom is 0.174 e. The number of para-hydroxylation sites is 2. The molecule has 0 fully saturated rings. The van der Waals surface area contributed by atoms with Crippen LogP contribution in [0.1, 0.15) is 17.2 Å². The Morgan fingerprint density at radius 1 is 0.811 bits per heavy atom. The van der Waals surface area contributed by atoms with Gasteiger partial charge in [0.15, 0.2) is 28.1 Å². The van der Waals surface area contributed by atoms with E-state index in [2.05, 4.69) is 10.2 Å². The van der Waals surface area contributed by atoms with Gasteiger partial charge in [0.05, 0.1) is 47.3 Å². The Bertz CT molecular complexity index is 1250. The van der Waals surface area contributed by atoms with Crippen molar-refractivity contribution in [3.63, 3.8) is 0 Å². The third-order valence-electron chi connectivity index (χ3n) is 6.38. The Balaban J connectivity index is 1.68. The zero-order chi connectivity index (χ0) is 26.4. The summed E-state index contributed by atoms with van der Waals surface area (Å²) in [6.45, 7) is 1.01. The summed E-state index contributed by atoms with van der Waals surface area (Å²) >= 11 is 5.92. The first kappa shape index (κ1) is 26.2. The number of benzene rings is 3. The van der Waals surface area contributed by atoms with Crippen molar-refractivity contribution in [2.24, 2.45) is 0 Å². The normalized spacial score (nSPS) is 14.3. The first-order valence-corrected chi connectivity index (χ1v) is 12.2. The summed E-state index contributed by atoms with van der Waals surface area (Å²) in [7, 11) is 8.14. The van der Waals surface area contributed by atoms with Crippen molar-refractivity contribution < 1.29 is 28.4 Å². The molecular formula is C28H32N2O6S. The molecule has 1 unspecified atom stereocenters. The molecule has 8 nitrogen and oxygen atoms in total. The summed E-state index contributed by atoms with van der Waals surface area (Å²) in [5.41, 5.74) is 2.93. The lowest BCUT2D eigenvalue weighted by Gasteiger charge is -2.39. The molecule has 0 radical (unpaired) electrons. The van der Waals surface area contributed by atoms with Gasteiger partial charge in [-0.2, -0.15) is 0 Å². The molecule has 0 saturated carbocycles. The summed E-state index contributed by atoms with van der Waals surface area (Å²) in [6.07, 6.45) is 0.776. The predicted molar refractivity (Wildman–Crippen MR) is 147 cm³/mol. The quantitative estimate of drug-likeness (QED) is 0.385. The average molecular weight is 525 g/mol. The van der Waals surface area contributed by atoms with Crippen LogP contribution in [0, 0.1) is 0 Å². The van der Waals surface area contributed by atoms with Gasteiger partial charge in [-0.25, -0.2) is 0 Å². The minimum atomic E-state index is -0.204. The average Bonchev–Trinajstić information content (AvgIpc) is 2.94. The summed E-state index contributed by atoms with van der Waals surface area (Å²) in [6, 6.07) is 17.0. The van der Waals surface area contributed by atoms with E-state index < -0.39 is 0 Å². The minimum Gasteiger partial charge on any atom is -0.497 e. The fourth-order valence-electron chi connectivity index (χ4n) is 4.46. The van der Waals surface area contributed by atoms with E-state index in [9.17, 15) is 0 Å². The van der Waals surface area contributed by atoms with E-state index in [-0.39, 0.29) is 6.04 Å². The number of thiocarbonyl (C=S) groups is 1. The lowest BCUT2D eigenvalue weighted by atomic mass is 9.92. The van der Waals surface area contributed by atoms with E-state index in [4.69, 9.17) is 40.6 Å². The largest absolute Gasteiger partial charge is 0.497 e. The molecule has 0 amide bonds. The van der Waals surface area contributed by atoms with Gasteiger partial charge in [-0.1, -0.05) is 12.1 Å². The van der Waals surface area contributed by atoms with E-state index in [1.54, 1.807) is 35.5 Å². The zero-order valence-electron chi connectivity index (χ0n) is 21.7.